The third kappa shape index (κ3) is 2.97. The number of amides is 2. The molecule has 2 aromatic rings. The summed E-state index contributed by atoms with van der Waals surface area (Å²) in [6.07, 6.45) is 0.743. The lowest BCUT2D eigenvalue weighted by atomic mass is 9.89. The minimum absolute atomic E-state index is 0.152. The maximum atomic E-state index is 12.7. The second kappa shape index (κ2) is 6.87. The van der Waals surface area contributed by atoms with Gasteiger partial charge >= 0.3 is 5.97 Å². The topological polar surface area (TPSA) is 84.5 Å². The van der Waals surface area contributed by atoms with E-state index in [0.717, 1.165) is 22.3 Å². The zero-order valence-electron chi connectivity index (χ0n) is 14.9. The SMILES string of the molecule is COC(=O)[C@H](NC(=O)[C@H]1CCC(=O)N1)C1c2ccccc2-c2ccccc21. The van der Waals surface area contributed by atoms with Gasteiger partial charge in [0.1, 0.15) is 12.1 Å². The van der Waals surface area contributed by atoms with Crippen LogP contribution in [0.3, 0.4) is 0 Å². The predicted octanol–water partition coefficient (Wildman–Crippen LogP) is 1.74. The third-order valence-corrected chi connectivity index (χ3v) is 5.28. The molecule has 0 bridgehead atoms. The van der Waals surface area contributed by atoms with Crippen LogP contribution in [0.2, 0.25) is 0 Å². The maximum Gasteiger partial charge on any atom is 0.329 e. The average Bonchev–Trinajstić information content (AvgIpc) is 3.27. The molecular weight excluding hydrogens is 344 g/mol. The van der Waals surface area contributed by atoms with Crippen LogP contribution in [-0.4, -0.2) is 37.0 Å². The van der Waals surface area contributed by atoms with E-state index in [4.69, 9.17) is 4.74 Å². The van der Waals surface area contributed by atoms with Crippen molar-refractivity contribution in [3.05, 3.63) is 59.7 Å². The van der Waals surface area contributed by atoms with Crippen molar-refractivity contribution in [2.45, 2.75) is 30.8 Å². The first-order valence-electron chi connectivity index (χ1n) is 8.96. The minimum Gasteiger partial charge on any atom is -0.467 e. The van der Waals surface area contributed by atoms with Crippen molar-refractivity contribution in [1.29, 1.82) is 0 Å². The van der Waals surface area contributed by atoms with Crippen molar-refractivity contribution in [3.8, 4) is 11.1 Å². The van der Waals surface area contributed by atoms with Crippen LogP contribution in [0.5, 0.6) is 0 Å². The molecule has 1 saturated heterocycles. The molecule has 0 aromatic heterocycles. The van der Waals surface area contributed by atoms with Gasteiger partial charge in [0, 0.05) is 12.3 Å². The van der Waals surface area contributed by atoms with Crippen LogP contribution in [0, 0.1) is 0 Å². The molecule has 2 amide bonds. The van der Waals surface area contributed by atoms with Gasteiger partial charge in [-0.1, -0.05) is 48.5 Å². The molecule has 6 nitrogen and oxygen atoms in total. The van der Waals surface area contributed by atoms with E-state index in [1.807, 2.05) is 48.5 Å². The number of carbonyl (C=O) groups excluding carboxylic acids is 3. The second-order valence-corrected chi connectivity index (χ2v) is 6.82. The highest BCUT2D eigenvalue weighted by molar-refractivity contribution is 5.94. The summed E-state index contributed by atoms with van der Waals surface area (Å²) < 4.78 is 5.00. The first-order chi connectivity index (χ1) is 13.1. The van der Waals surface area contributed by atoms with Gasteiger partial charge in [-0.2, -0.15) is 0 Å². The molecule has 1 aliphatic heterocycles. The smallest absolute Gasteiger partial charge is 0.329 e. The van der Waals surface area contributed by atoms with E-state index in [1.54, 1.807) is 0 Å². The first kappa shape index (κ1) is 17.3. The van der Waals surface area contributed by atoms with E-state index in [9.17, 15) is 14.4 Å². The van der Waals surface area contributed by atoms with Gasteiger partial charge in [-0.05, 0) is 28.7 Å². The van der Waals surface area contributed by atoms with Gasteiger partial charge in [-0.3, -0.25) is 9.59 Å². The lowest BCUT2D eigenvalue weighted by Gasteiger charge is -2.25. The summed E-state index contributed by atoms with van der Waals surface area (Å²) in [4.78, 5) is 36.7. The van der Waals surface area contributed by atoms with Crippen LogP contribution in [0.1, 0.15) is 29.9 Å². The van der Waals surface area contributed by atoms with Crippen LogP contribution in [-0.2, 0) is 19.1 Å². The van der Waals surface area contributed by atoms with Gasteiger partial charge in [0.2, 0.25) is 11.8 Å². The lowest BCUT2D eigenvalue weighted by molar-refractivity contribution is -0.145. The number of fused-ring (bicyclic) bond motifs is 3. The quantitative estimate of drug-likeness (QED) is 0.810. The number of hydrogen-bond acceptors (Lipinski definition) is 4. The number of methoxy groups -OCH3 is 1. The number of ether oxygens (including phenoxy) is 1. The van der Waals surface area contributed by atoms with Gasteiger partial charge in [0.25, 0.3) is 0 Å². The van der Waals surface area contributed by atoms with E-state index < -0.39 is 18.1 Å². The largest absolute Gasteiger partial charge is 0.467 e. The fourth-order valence-electron chi connectivity index (χ4n) is 4.02. The van der Waals surface area contributed by atoms with Gasteiger partial charge in [0.15, 0.2) is 0 Å². The molecule has 2 aromatic carbocycles. The van der Waals surface area contributed by atoms with E-state index in [2.05, 4.69) is 10.6 Å². The summed E-state index contributed by atoms with van der Waals surface area (Å²) in [6, 6.07) is 14.2. The number of carbonyl (C=O) groups is 3. The van der Waals surface area contributed by atoms with E-state index in [1.165, 1.54) is 7.11 Å². The van der Waals surface area contributed by atoms with Crippen molar-refractivity contribution in [3.63, 3.8) is 0 Å². The van der Waals surface area contributed by atoms with Crippen molar-refractivity contribution in [1.82, 2.24) is 10.6 Å². The fraction of sp³-hybridized carbons (Fsp3) is 0.286. The first-order valence-corrected chi connectivity index (χ1v) is 8.96. The second-order valence-electron chi connectivity index (χ2n) is 6.82. The zero-order valence-corrected chi connectivity index (χ0v) is 14.9. The Morgan fingerprint density at radius 1 is 1.07 bits per heavy atom. The molecule has 27 heavy (non-hydrogen) atoms. The van der Waals surface area contributed by atoms with Gasteiger partial charge in [0.05, 0.1) is 7.11 Å². The molecule has 0 spiro atoms. The molecule has 6 heteroatoms. The number of rotatable bonds is 4. The molecule has 0 radical (unpaired) electrons. The van der Waals surface area contributed by atoms with E-state index in [-0.39, 0.29) is 17.7 Å². The molecule has 2 atom stereocenters. The standard InChI is InChI=1S/C21H20N2O4/c1-27-21(26)19(23-20(25)16-10-11-17(24)22-16)18-14-8-4-2-6-12(14)13-7-3-5-9-15(13)18/h2-9,16,18-19H,10-11H2,1H3,(H,22,24)(H,23,25)/t16-,19-/m1/s1. The van der Waals surface area contributed by atoms with Gasteiger partial charge in [-0.25, -0.2) is 4.79 Å². The average molecular weight is 364 g/mol. The lowest BCUT2D eigenvalue weighted by Crippen LogP contribution is -2.51. The number of nitrogens with one attached hydrogen (secondary N) is 2. The summed E-state index contributed by atoms with van der Waals surface area (Å²) in [5.41, 5.74) is 4.06. The minimum atomic E-state index is -0.871. The monoisotopic (exact) mass is 364 g/mol. The number of esters is 1. The van der Waals surface area contributed by atoms with Crippen LogP contribution >= 0.6 is 0 Å². The fourth-order valence-corrected chi connectivity index (χ4v) is 4.02. The highest BCUT2D eigenvalue weighted by atomic mass is 16.5. The van der Waals surface area contributed by atoms with Crippen molar-refractivity contribution >= 4 is 17.8 Å². The van der Waals surface area contributed by atoms with Crippen LogP contribution in [0.15, 0.2) is 48.5 Å². The summed E-state index contributed by atoms with van der Waals surface area (Å²) in [5, 5.41) is 5.47. The van der Waals surface area contributed by atoms with E-state index >= 15 is 0 Å². The molecular formula is C21H20N2O4. The third-order valence-electron chi connectivity index (χ3n) is 5.28. The Balaban J connectivity index is 1.71. The number of benzene rings is 2. The van der Waals surface area contributed by atoms with Crippen LogP contribution in [0.25, 0.3) is 11.1 Å². The molecule has 2 N–H and O–H groups in total. The van der Waals surface area contributed by atoms with E-state index in [0.29, 0.717) is 12.8 Å². The molecule has 1 heterocycles. The molecule has 1 aliphatic carbocycles. The summed E-state index contributed by atoms with van der Waals surface area (Å²) in [5.74, 6) is -1.37. The van der Waals surface area contributed by atoms with Crippen molar-refractivity contribution in [2.75, 3.05) is 7.11 Å². The Morgan fingerprint density at radius 2 is 1.67 bits per heavy atom. The Hall–Kier alpha value is -3.15. The van der Waals surface area contributed by atoms with Gasteiger partial charge < -0.3 is 15.4 Å². The predicted molar refractivity (Wildman–Crippen MR) is 98.8 cm³/mol. The molecule has 1 fully saturated rings. The molecule has 4 rings (SSSR count). The van der Waals surface area contributed by atoms with Crippen LogP contribution in [0.4, 0.5) is 0 Å². The molecule has 0 saturated carbocycles. The molecule has 2 aliphatic rings. The molecule has 0 unspecified atom stereocenters. The Labute approximate surface area is 156 Å². The van der Waals surface area contributed by atoms with Gasteiger partial charge in [-0.15, -0.1) is 0 Å². The Bertz CT molecular complexity index is 878. The summed E-state index contributed by atoms with van der Waals surface area (Å²) >= 11 is 0. The highest BCUT2D eigenvalue weighted by Gasteiger charge is 2.40. The van der Waals surface area contributed by atoms with Crippen molar-refractivity contribution in [2.24, 2.45) is 0 Å². The molecule has 138 valence electrons. The zero-order chi connectivity index (χ0) is 19.0. The summed E-state index contributed by atoms with van der Waals surface area (Å²) in [6.45, 7) is 0. The normalized spacial score (nSPS) is 19.0. The Morgan fingerprint density at radius 3 is 2.19 bits per heavy atom. The highest BCUT2D eigenvalue weighted by Crippen LogP contribution is 2.46. The summed E-state index contributed by atoms with van der Waals surface area (Å²) in [7, 11) is 1.31. The number of hydrogen-bond donors (Lipinski definition) is 2. The van der Waals surface area contributed by atoms with Crippen molar-refractivity contribution < 1.29 is 19.1 Å². The Kier molecular flexibility index (Phi) is 4.39. The van der Waals surface area contributed by atoms with Crippen LogP contribution < -0.4 is 10.6 Å². The maximum absolute atomic E-state index is 12.7.